The number of ether oxygens (including phenoxy) is 1. The standard InChI is InChI=1S/C20H23N3O3/c24-19(23-10-12-26-13-11-23)15-21-18-8-6-17(7-9-18)20(25)22-14-16-4-2-1-3-5-16/h1-9,21H,10-15H2,(H,22,25). The van der Waals surface area contributed by atoms with Crippen molar-refractivity contribution in [1.82, 2.24) is 10.2 Å². The molecule has 1 aliphatic rings. The van der Waals surface area contributed by atoms with E-state index in [1.165, 1.54) is 0 Å². The van der Waals surface area contributed by atoms with Gasteiger partial charge in [-0.1, -0.05) is 30.3 Å². The maximum absolute atomic E-state index is 12.2. The van der Waals surface area contributed by atoms with Gasteiger partial charge in [0.15, 0.2) is 0 Å². The summed E-state index contributed by atoms with van der Waals surface area (Å²) in [6, 6.07) is 16.9. The van der Waals surface area contributed by atoms with Gasteiger partial charge in [0.05, 0.1) is 19.8 Å². The Morgan fingerprint density at radius 1 is 0.962 bits per heavy atom. The molecule has 26 heavy (non-hydrogen) atoms. The van der Waals surface area contributed by atoms with E-state index in [9.17, 15) is 9.59 Å². The molecule has 0 unspecified atom stereocenters. The second-order valence-corrected chi connectivity index (χ2v) is 6.09. The third kappa shape index (κ3) is 5.07. The molecule has 2 aromatic rings. The normalized spacial score (nSPS) is 13.9. The Kier molecular flexibility index (Phi) is 6.22. The number of rotatable bonds is 6. The van der Waals surface area contributed by atoms with Crippen LogP contribution in [0.2, 0.25) is 0 Å². The average Bonchev–Trinajstić information content (AvgIpc) is 2.72. The maximum atomic E-state index is 12.2. The second-order valence-electron chi connectivity index (χ2n) is 6.09. The van der Waals surface area contributed by atoms with Crippen LogP contribution >= 0.6 is 0 Å². The van der Waals surface area contributed by atoms with Gasteiger partial charge < -0.3 is 20.3 Å². The van der Waals surface area contributed by atoms with Crippen molar-refractivity contribution in [2.45, 2.75) is 6.54 Å². The Balaban J connectivity index is 1.46. The smallest absolute Gasteiger partial charge is 0.251 e. The number of morpholine rings is 1. The molecule has 0 spiro atoms. The van der Waals surface area contributed by atoms with Crippen molar-refractivity contribution in [2.24, 2.45) is 0 Å². The highest BCUT2D eigenvalue weighted by Gasteiger charge is 2.16. The van der Waals surface area contributed by atoms with Crippen LogP contribution in [0.3, 0.4) is 0 Å². The van der Waals surface area contributed by atoms with Gasteiger partial charge in [0.2, 0.25) is 5.91 Å². The lowest BCUT2D eigenvalue weighted by Gasteiger charge is -2.27. The van der Waals surface area contributed by atoms with E-state index in [0.29, 0.717) is 38.4 Å². The van der Waals surface area contributed by atoms with Gasteiger partial charge in [0.1, 0.15) is 0 Å². The minimum Gasteiger partial charge on any atom is -0.378 e. The van der Waals surface area contributed by atoms with Gasteiger partial charge in [-0.15, -0.1) is 0 Å². The largest absolute Gasteiger partial charge is 0.378 e. The zero-order valence-electron chi connectivity index (χ0n) is 14.6. The van der Waals surface area contributed by atoms with E-state index in [-0.39, 0.29) is 18.4 Å². The summed E-state index contributed by atoms with van der Waals surface area (Å²) < 4.78 is 5.24. The molecule has 0 aliphatic carbocycles. The summed E-state index contributed by atoms with van der Waals surface area (Å²) in [6.45, 7) is 3.20. The van der Waals surface area contributed by atoms with Crippen LogP contribution in [0.25, 0.3) is 0 Å². The lowest BCUT2D eigenvalue weighted by Crippen LogP contribution is -2.43. The van der Waals surface area contributed by atoms with Crippen LogP contribution in [0.4, 0.5) is 5.69 Å². The first kappa shape index (κ1) is 17.9. The molecule has 136 valence electrons. The molecule has 6 heteroatoms. The van der Waals surface area contributed by atoms with Gasteiger partial charge in [-0.3, -0.25) is 9.59 Å². The van der Waals surface area contributed by atoms with Crippen LogP contribution in [-0.4, -0.2) is 49.6 Å². The van der Waals surface area contributed by atoms with Crippen LogP contribution < -0.4 is 10.6 Å². The molecule has 3 rings (SSSR count). The molecule has 6 nitrogen and oxygen atoms in total. The van der Waals surface area contributed by atoms with E-state index in [1.807, 2.05) is 42.5 Å². The molecule has 1 heterocycles. The summed E-state index contributed by atoms with van der Waals surface area (Å²) in [6.07, 6.45) is 0. The van der Waals surface area contributed by atoms with E-state index in [1.54, 1.807) is 17.0 Å². The van der Waals surface area contributed by atoms with Crippen LogP contribution in [-0.2, 0) is 16.1 Å². The first-order valence-electron chi connectivity index (χ1n) is 8.74. The maximum Gasteiger partial charge on any atom is 0.251 e. The monoisotopic (exact) mass is 353 g/mol. The summed E-state index contributed by atoms with van der Waals surface area (Å²) in [5.41, 5.74) is 2.46. The molecular formula is C20H23N3O3. The number of hydrogen-bond acceptors (Lipinski definition) is 4. The number of nitrogens with one attached hydrogen (secondary N) is 2. The molecule has 1 aliphatic heterocycles. The summed E-state index contributed by atoms with van der Waals surface area (Å²) in [7, 11) is 0. The Morgan fingerprint density at radius 2 is 1.65 bits per heavy atom. The van der Waals surface area contributed by atoms with Crippen LogP contribution in [0.5, 0.6) is 0 Å². The van der Waals surface area contributed by atoms with Crippen molar-refractivity contribution in [3.63, 3.8) is 0 Å². The summed E-state index contributed by atoms with van der Waals surface area (Å²) >= 11 is 0. The van der Waals surface area contributed by atoms with Crippen molar-refractivity contribution in [1.29, 1.82) is 0 Å². The zero-order chi connectivity index (χ0) is 18.2. The molecule has 0 aromatic heterocycles. The molecule has 0 atom stereocenters. The SMILES string of the molecule is O=C(NCc1ccccc1)c1ccc(NCC(=O)N2CCOCC2)cc1. The quantitative estimate of drug-likeness (QED) is 0.832. The molecule has 2 aromatic carbocycles. The highest BCUT2D eigenvalue weighted by Crippen LogP contribution is 2.10. The summed E-state index contributed by atoms with van der Waals surface area (Å²) in [5, 5.41) is 6.00. The highest BCUT2D eigenvalue weighted by atomic mass is 16.5. The Bertz CT molecular complexity index is 726. The second kappa shape index (κ2) is 9.01. The third-order valence-corrected chi connectivity index (χ3v) is 4.25. The van der Waals surface area contributed by atoms with E-state index >= 15 is 0 Å². The number of amides is 2. The van der Waals surface area contributed by atoms with E-state index in [2.05, 4.69) is 10.6 Å². The van der Waals surface area contributed by atoms with Crippen molar-refractivity contribution >= 4 is 17.5 Å². The summed E-state index contributed by atoms with van der Waals surface area (Å²) in [4.78, 5) is 26.1. The Hall–Kier alpha value is -2.86. The molecular weight excluding hydrogens is 330 g/mol. The van der Waals surface area contributed by atoms with E-state index in [4.69, 9.17) is 4.74 Å². The van der Waals surface area contributed by atoms with Crippen LogP contribution in [0.1, 0.15) is 15.9 Å². The van der Waals surface area contributed by atoms with Gasteiger partial charge in [0.25, 0.3) is 5.91 Å². The molecule has 2 amide bonds. The summed E-state index contributed by atoms with van der Waals surface area (Å²) in [5.74, 6) is -0.0669. The molecule has 2 N–H and O–H groups in total. The van der Waals surface area contributed by atoms with Crippen molar-refractivity contribution in [3.8, 4) is 0 Å². The fraction of sp³-hybridized carbons (Fsp3) is 0.300. The minimum absolute atomic E-state index is 0.0537. The number of carbonyl (C=O) groups is 2. The van der Waals surface area contributed by atoms with Crippen molar-refractivity contribution in [3.05, 3.63) is 65.7 Å². The third-order valence-electron chi connectivity index (χ3n) is 4.25. The van der Waals surface area contributed by atoms with Gasteiger partial charge >= 0.3 is 0 Å². The Labute approximate surface area is 153 Å². The first-order chi connectivity index (χ1) is 12.7. The Morgan fingerprint density at radius 3 is 2.35 bits per heavy atom. The van der Waals surface area contributed by atoms with Crippen LogP contribution in [0.15, 0.2) is 54.6 Å². The predicted octanol–water partition coefficient (Wildman–Crippen LogP) is 1.89. The average molecular weight is 353 g/mol. The molecule has 0 radical (unpaired) electrons. The van der Waals surface area contributed by atoms with E-state index in [0.717, 1.165) is 11.3 Å². The fourth-order valence-corrected chi connectivity index (χ4v) is 2.72. The lowest BCUT2D eigenvalue weighted by molar-refractivity contribution is -0.133. The van der Waals surface area contributed by atoms with Gasteiger partial charge in [-0.05, 0) is 29.8 Å². The van der Waals surface area contributed by atoms with Gasteiger partial charge in [-0.25, -0.2) is 0 Å². The number of nitrogens with zero attached hydrogens (tertiary/aromatic N) is 1. The number of carbonyl (C=O) groups excluding carboxylic acids is 2. The van der Waals surface area contributed by atoms with Gasteiger partial charge in [-0.2, -0.15) is 0 Å². The molecule has 0 bridgehead atoms. The number of anilines is 1. The first-order valence-corrected chi connectivity index (χ1v) is 8.74. The minimum atomic E-state index is -0.121. The highest BCUT2D eigenvalue weighted by molar-refractivity contribution is 5.94. The number of benzene rings is 2. The fourth-order valence-electron chi connectivity index (χ4n) is 2.72. The van der Waals surface area contributed by atoms with Crippen LogP contribution in [0, 0.1) is 0 Å². The lowest BCUT2D eigenvalue weighted by atomic mass is 10.1. The van der Waals surface area contributed by atoms with Crippen molar-refractivity contribution < 1.29 is 14.3 Å². The van der Waals surface area contributed by atoms with Crippen molar-refractivity contribution in [2.75, 3.05) is 38.2 Å². The zero-order valence-corrected chi connectivity index (χ0v) is 14.6. The van der Waals surface area contributed by atoms with E-state index < -0.39 is 0 Å². The van der Waals surface area contributed by atoms with Gasteiger partial charge in [0, 0.05) is 30.9 Å². The topological polar surface area (TPSA) is 70.7 Å². The molecule has 0 saturated carbocycles. The number of hydrogen-bond donors (Lipinski definition) is 2. The predicted molar refractivity (Wildman–Crippen MR) is 99.9 cm³/mol. The molecule has 1 fully saturated rings. The molecule has 1 saturated heterocycles.